The van der Waals surface area contributed by atoms with E-state index in [1.54, 1.807) is 0 Å². The molecule has 0 unspecified atom stereocenters. The second kappa shape index (κ2) is 14.4. The molecule has 0 radical (unpaired) electrons. The maximum atomic E-state index is 14.1. The van der Waals surface area contributed by atoms with Crippen LogP contribution in [0, 0.1) is 0 Å². The van der Waals surface area contributed by atoms with Crippen molar-refractivity contribution in [2.75, 3.05) is 26.4 Å². The van der Waals surface area contributed by atoms with Crippen LogP contribution in [0.2, 0.25) is 0 Å². The first kappa shape index (κ1) is 29.8. The van der Waals surface area contributed by atoms with E-state index < -0.39 is 11.6 Å². The fraction of sp³-hybridized carbons (Fsp3) is 0.375. The Bertz CT molecular complexity index is 1270. The third kappa shape index (κ3) is 7.50. The standard InChI is InChI=1S/C32H37BrN2O5/c1-23(2)38-20-8-18-34-31(37)32(22-26-12-6-7-13-28(26)33)29(24-10-4-3-5-11-24)40-30(35-32)25-14-16-27(17-15-25)39-21-9-19-36/h3-7,10-17,23,29,36H,8-9,18-22H2,1-2H3,(H,34,37)/t29-,32-/m1/s1. The Kier molecular flexibility index (Phi) is 10.7. The minimum absolute atomic E-state index is 0.0794. The van der Waals surface area contributed by atoms with Crippen LogP contribution in [0.4, 0.5) is 0 Å². The summed E-state index contributed by atoms with van der Waals surface area (Å²) < 4.78 is 18.8. The number of aliphatic hydroxyl groups excluding tert-OH is 1. The van der Waals surface area contributed by atoms with Gasteiger partial charge in [-0.15, -0.1) is 0 Å². The number of hydrogen-bond acceptors (Lipinski definition) is 6. The summed E-state index contributed by atoms with van der Waals surface area (Å²) >= 11 is 3.67. The SMILES string of the molecule is CC(C)OCCCNC(=O)[C@]1(Cc2ccccc2Br)N=C(c2ccc(OCCCO)cc2)O[C@@H]1c1ccccc1. The third-order valence-electron chi connectivity index (χ3n) is 6.61. The maximum Gasteiger partial charge on any atom is 0.252 e. The van der Waals surface area contributed by atoms with E-state index in [0.717, 1.165) is 21.2 Å². The summed E-state index contributed by atoms with van der Waals surface area (Å²) in [5.74, 6) is 0.901. The molecule has 1 amide bonds. The second-order valence-corrected chi connectivity index (χ2v) is 10.9. The van der Waals surface area contributed by atoms with Crippen LogP contribution in [0.25, 0.3) is 0 Å². The molecule has 1 heterocycles. The van der Waals surface area contributed by atoms with E-state index >= 15 is 0 Å². The van der Waals surface area contributed by atoms with Gasteiger partial charge < -0.3 is 24.6 Å². The number of carbonyl (C=O) groups is 1. The fourth-order valence-electron chi connectivity index (χ4n) is 4.59. The first-order valence-electron chi connectivity index (χ1n) is 13.7. The van der Waals surface area contributed by atoms with E-state index in [9.17, 15) is 4.79 Å². The van der Waals surface area contributed by atoms with Gasteiger partial charge in [0, 0.05) is 42.6 Å². The van der Waals surface area contributed by atoms with Crippen molar-refractivity contribution in [1.29, 1.82) is 0 Å². The molecule has 212 valence electrons. The molecule has 0 bridgehead atoms. The van der Waals surface area contributed by atoms with Crippen molar-refractivity contribution in [2.45, 2.75) is 50.9 Å². The van der Waals surface area contributed by atoms with Crippen LogP contribution in [0.15, 0.2) is 88.3 Å². The highest BCUT2D eigenvalue weighted by Crippen LogP contribution is 2.43. The van der Waals surface area contributed by atoms with Gasteiger partial charge in [-0.3, -0.25) is 4.79 Å². The number of nitrogens with zero attached hydrogens (tertiary/aromatic N) is 1. The van der Waals surface area contributed by atoms with E-state index in [1.807, 2.05) is 92.7 Å². The summed E-state index contributed by atoms with van der Waals surface area (Å²) in [5.41, 5.74) is 1.34. The molecular weight excluding hydrogens is 572 g/mol. The molecule has 1 aliphatic heterocycles. The summed E-state index contributed by atoms with van der Waals surface area (Å²) in [6.07, 6.45) is 1.10. The average molecular weight is 610 g/mol. The van der Waals surface area contributed by atoms with E-state index in [4.69, 9.17) is 24.3 Å². The first-order chi connectivity index (χ1) is 19.4. The Hall–Kier alpha value is -3.20. The van der Waals surface area contributed by atoms with Crippen molar-refractivity contribution in [3.63, 3.8) is 0 Å². The van der Waals surface area contributed by atoms with Crippen molar-refractivity contribution >= 4 is 27.7 Å². The summed E-state index contributed by atoms with van der Waals surface area (Å²) in [6.45, 7) is 5.53. The fourth-order valence-corrected chi connectivity index (χ4v) is 5.01. The zero-order valence-electron chi connectivity index (χ0n) is 23.0. The van der Waals surface area contributed by atoms with Crippen LogP contribution in [-0.4, -0.2) is 54.9 Å². The van der Waals surface area contributed by atoms with Gasteiger partial charge in [-0.2, -0.15) is 0 Å². The van der Waals surface area contributed by atoms with Gasteiger partial charge in [0.15, 0.2) is 11.6 Å². The molecule has 0 aliphatic carbocycles. The highest BCUT2D eigenvalue weighted by molar-refractivity contribution is 9.10. The van der Waals surface area contributed by atoms with Crippen molar-refractivity contribution in [3.05, 3.63) is 100 Å². The number of benzene rings is 3. The number of nitrogens with one attached hydrogen (secondary N) is 1. The van der Waals surface area contributed by atoms with Crippen molar-refractivity contribution in [2.24, 2.45) is 4.99 Å². The predicted octanol–water partition coefficient (Wildman–Crippen LogP) is 5.64. The summed E-state index contributed by atoms with van der Waals surface area (Å²) in [6, 6.07) is 25.1. The third-order valence-corrected chi connectivity index (χ3v) is 7.38. The van der Waals surface area contributed by atoms with E-state index in [0.29, 0.717) is 50.7 Å². The Balaban J connectivity index is 1.69. The van der Waals surface area contributed by atoms with Gasteiger partial charge in [0.1, 0.15) is 5.75 Å². The minimum Gasteiger partial charge on any atom is -0.494 e. The zero-order chi connectivity index (χ0) is 28.4. The molecule has 0 spiro atoms. The van der Waals surface area contributed by atoms with Crippen LogP contribution >= 0.6 is 15.9 Å². The summed E-state index contributed by atoms with van der Waals surface area (Å²) in [4.78, 5) is 19.2. The monoisotopic (exact) mass is 608 g/mol. The number of halogens is 1. The minimum atomic E-state index is -1.24. The predicted molar refractivity (Wildman–Crippen MR) is 160 cm³/mol. The number of ether oxygens (including phenoxy) is 3. The van der Waals surface area contributed by atoms with E-state index in [1.165, 1.54) is 0 Å². The Morgan fingerprint density at radius 1 is 1.02 bits per heavy atom. The van der Waals surface area contributed by atoms with Crippen LogP contribution in [0.3, 0.4) is 0 Å². The number of rotatable bonds is 14. The lowest BCUT2D eigenvalue weighted by atomic mass is 9.82. The topological polar surface area (TPSA) is 89.4 Å². The number of carbonyl (C=O) groups excluding carboxylic acids is 1. The van der Waals surface area contributed by atoms with Crippen LogP contribution < -0.4 is 10.1 Å². The molecule has 2 atom stereocenters. The Morgan fingerprint density at radius 2 is 1.75 bits per heavy atom. The highest BCUT2D eigenvalue weighted by atomic mass is 79.9. The molecule has 3 aromatic carbocycles. The van der Waals surface area contributed by atoms with Crippen LogP contribution in [-0.2, 0) is 20.7 Å². The van der Waals surface area contributed by atoms with E-state index in [2.05, 4.69) is 21.2 Å². The van der Waals surface area contributed by atoms with Crippen molar-refractivity contribution in [1.82, 2.24) is 5.32 Å². The molecule has 2 N–H and O–H groups in total. The lowest BCUT2D eigenvalue weighted by molar-refractivity contribution is -0.129. The molecular formula is C32H37BrN2O5. The molecule has 4 rings (SSSR count). The van der Waals surface area contributed by atoms with Gasteiger partial charge in [0.05, 0.1) is 12.7 Å². The van der Waals surface area contributed by atoms with Crippen LogP contribution in [0.5, 0.6) is 5.75 Å². The van der Waals surface area contributed by atoms with Crippen molar-refractivity contribution < 1.29 is 24.1 Å². The van der Waals surface area contributed by atoms with Gasteiger partial charge >= 0.3 is 0 Å². The quantitative estimate of drug-likeness (QED) is 0.231. The summed E-state index contributed by atoms with van der Waals surface area (Å²) in [5, 5.41) is 12.1. The molecule has 8 heteroatoms. The first-order valence-corrected chi connectivity index (χ1v) is 14.5. The summed E-state index contributed by atoms with van der Waals surface area (Å²) in [7, 11) is 0. The highest BCUT2D eigenvalue weighted by Gasteiger charge is 2.53. The van der Waals surface area contributed by atoms with Gasteiger partial charge in [-0.05, 0) is 61.7 Å². The van der Waals surface area contributed by atoms with Crippen LogP contribution in [0.1, 0.15) is 49.5 Å². The van der Waals surface area contributed by atoms with Gasteiger partial charge in [0.2, 0.25) is 5.90 Å². The second-order valence-electron chi connectivity index (χ2n) is 10.00. The molecule has 1 aliphatic rings. The molecule has 7 nitrogen and oxygen atoms in total. The molecule has 3 aromatic rings. The Labute approximate surface area is 244 Å². The number of aliphatic hydroxyl groups is 1. The number of amides is 1. The number of aliphatic imine (C=N–C) groups is 1. The van der Waals surface area contributed by atoms with Crippen molar-refractivity contribution in [3.8, 4) is 5.75 Å². The number of hydrogen-bond donors (Lipinski definition) is 2. The normalized spacial score (nSPS) is 18.3. The molecule has 0 fully saturated rings. The molecule has 0 aromatic heterocycles. The lowest BCUT2D eigenvalue weighted by Gasteiger charge is -2.31. The van der Waals surface area contributed by atoms with Gasteiger partial charge in [-0.1, -0.05) is 64.5 Å². The average Bonchev–Trinajstić information content (AvgIpc) is 3.35. The van der Waals surface area contributed by atoms with Gasteiger partial charge in [-0.25, -0.2) is 4.99 Å². The zero-order valence-corrected chi connectivity index (χ0v) is 24.6. The lowest BCUT2D eigenvalue weighted by Crippen LogP contribution is -2.50. The smallest absolute Gasteiger partial charge is 0.252 e. The molecule has 40 heavy (non-hydrogen) atoms. The van der Waals surface area contributed by atoms with Gasteiger partial charge in [0.25, 0.3) is 5.91 Å². The maximum absolute atomic E-state index is 14.1. The Morgan fingerprint density at radius 3 is 2.45 bits per heavy atom. The van der Waals surface area contributed by atoms with E-state index in [-0.39, 0.29) is 18.6 Å². The molecule has 0 saturated heterocycles. The molecule has 0 saturated carbocycles. The largest absolute Gasteiger partial charge is 0.494 e.